The highest BCUT2D eigenvalue weighted by molar-refractivity contribution is 6.75. The van der Waals surface area contributed by atoms with Crippen LogP contribution >= 0.6 is 0 Å². The lowest BCUT2D eigenvalue weighted by atomic mass is 9.81. The standard InChI is InChI=1S/C41H80O7Si3/c1-29(26-46-49(15,16)39(5,6)7)35(42)25-36(43)31(3)38(45-28-33-21-23-34(44-14)24-22-33)32(4)37(48-51(19,20)41(11,12)13)30(2)27-47-50(17,18)40(8,9)10/h21-24,29-32,35,37-38,42H,25-28H2,1-20H3/t29-,30-,31-,32+,35-,37-,38-/m0/s1. The molecule has 0 fully saturated rings. The summed E-state index contributed by atoms with van der Waals surface area (Å²) in [5.74, 6) is 0.0614. The largest absolute Gasteiger partial charge is 0.497 e. The Bertz CT molecular complexity index is 1200. The van der Waals surface area contributed by atoms with Gasteiger partial charge in [-0.05, 0) is 72.1 Å². The Balaban J connectivity index is 3.48. The van der Waals surface area contributed by atoms with Crippen LogP contribution in [0.25, 0.3) is 0 Å². The first-order valence-corrected chi connectivity index (χ1v) is 28.0. The molecule has 0 aliphatic carbocycles. The maximum absolute atomic E-state index is 14.1. The van der Waals surface area contributed by atoms with Gasteiger partial charge < -0.3 is 27.9 Å². The summed E-state index contributed by atoms with van der Waals surface area (Å²) in [5.41, 5.74) is 1.00. The maximum atomic E-state index is 14.1. The van der Waals surface area contributed by atoms with Crippen molar-refractivity contribution in [1.29, 1.82) is 0 Å². The van der Waals surface area contributed by atoms with E-state index in [1.807, 2.05) is 38.1 Å². The quantitative estimate of drug-likeness (QED) is 0.132. The van der Waals surface area contributed by atoms with E-state index in [2.05, 4.69) is 115 Å². The van der Waals surface area contributed by atoms with Crippen LogP contribution in [0.5, 0.6) is 5.75 Å². The molecule has 0 saturated heterocycles. The molecule has 0 amide bonds. The molecule has 1 aromatic rings. The molecule has 10 heteroatoms. The molecule has 0 aromatic heterocycles. The van der Waals surface area contributed by atoms with Gasteiger partial charge in [0.05, 0.1) is 32.0 Å². The first kappa shape index (κ1) is 48.2. The van der Waals surface area contributed by atoms with Crippen molar-refractivity contribution in [2.45, 2.75) is 176 Å². The Kier molecular flexibility index (Phi) is 17.6. The predicted octanol–water partition coefficient (Wildman–Crippen LogP) is 10.9. The number of Topliss-reactive ketones (excluding diaryl/α,β-unsaturated/α-hetero) is 1. The van der Waals surface area contributed by atoms with Gasteiger partial charge in [-0.2, -0.15) is 0 Å². The molecule has 0 unspecified atom stereocenters. The average Bonchev–Trinajstić information content (AvgIpc) is 2.99. The lowest BCUT2D eigenvalue weighted by Crippen LogP contribution is -2.52. The van der Waals surface area contributed by atoms with Crippen molar-refractivity contribution >= 4 is 30.7 Å². The summed E-state index contributed by atoms with van der Waals surface area (Å²) in [5, 5.41) is 11.5. The van der Waals surface area contributed by atoms with E-state index >= 15 is 0 Å². The Labute approximate surface area is 317 Å². The zero-order chi connectivity index (χ0) is 40.0. The van der Waals surface area contributed by atoms with Crippen molar-refractivity contribution in [3.63, 3.8) is 0 Å². The van der Waals surface area contributed by atoms with Crippen molar-refractivity contribution in [2.75, 3.05) is 20.3 Å². The van der Waals surface area contributed by atoms with Crippen molar-refractivity contribution in [3.05, 3.63) is 29.8 Å². The molecule has 0 heterocycles. The fourth-order valence-electron chi connectivity index (χ4n) is 5.21. The van der Waals surface area contributed by atoms with Crippen LogP contribution in [-0.4, -0.2) is 74.5 Å². The second-order valence-corrected chi connectivity index (χ2v) is 34.3. The van der Waals surface area contributed by atoms with Gasteiger partial charge in [-0.1, -0.05) is 102 Å². The number of ether oxygens (including phenoxy) is 2. The number of aliphatic hydroxyl groups excluding tert-OH is 1. The van der Waals surface area contributed by atoms with Crippen LogP contribution in [0.2, 0.25) is 54.4 Å². The van der Waals surface area contributed by atoms with Crippen LogP contribution in [-0.2, 0) is 29.4 Å². The van der Waals surface area contributed by atoms with E-state index in [9.17, 15) is 9.90 Å². The van der Waals surface area contributed by atoms with E-state index in [0.717, 1.165) is 11.3 Å². The lowest BCUT2D eigenvalue weighted by Gasteiger charge is -2.46. The first-order valence-electron chi connectivity index (χ1n) is 19.3. The molecule has 0 aliphatic heterocycles. The molecule has 0 aliphatic rings. The van der Waals surface area contributed by atoms with Crippen molar-refractivity contribution in [1.82, 2.24) is 0 Å². The smallest absolute Gasteiger partial charge is 0.192 e. The molecule has 1 aromatic carbocycles. The van der Waals surface area contributed by atoms with Gasteiger partial charge >= 0.3 is 0 Å². The summed E-state index contributed by atoms with van der Waals surface area (Å²) < 4.78 is 32.7. The molecule has 7 nitrogen and oxygen atoms in total. The van der Waals surface area contributed by atoms with Gasteiger partial charge in [0.15, 0.2) is 25.0 Å². The van der Waals surface area contributed by atoms with Crippen LogP contribution in [0.15, 0.2) is 24.3 Å². The number of benzene rings is 1. The monoisotopic (exact) mass is 769 g/mol. The first-order chi connectivity index (χ1) is 22.9. The number of ketones is 1. The Morgan fingerprint density at radius 1 is 0.686 bits per heavy atom. The van der Waals surface area contributed by atoms with Crippen LogP contribution in [0.4, 0.5) is 0 Å². The third-order valence-electron chi connectivity index (χ3n) is 12.5. The lowest BCUT2D eigenvalue weighted by molar-refractivity contribution is -0.136. The van der Waals surface area contributed by atoms with Gasteiger partial charge in [-0.3, -0.25) is 4.79 Å². The van der Waals surface area contributed by atoms with Crippen LogP contribution in [0.3, 0.4) is 0 Å². The summed E-state index contributed by atoms with van der Waals surface area (Å²) >= 11 is 0. The number of rotatable bonds is 20. The Morgan fingerprint density at radius 2 is 1.12 bits per heavy atom. The second kappa shape index (κ2) is 18.7. The fourth-order valence-corrected chi connectivity index (χ4v) is 8.91. The van der Waals surface area contributed by atoms with E-state index in [-0.39, 0.29) is 51.2 Å². The van der Waals surface area contributed by atoms with Crippen LogP contribution in [0, 0.1) is 23.7 Å². The molecular formula is C41H80O7Si3. The van der Waals surface area contributed by atoms with Gasteiger partial charge in [-0.25, -0.2) is 0 Å². The van der Waals surface area contributed by atoms with E-state index in [1.54, 1.807) is 7.11 Å². The summed E-state index contributed by atoms with van der Waals surface area (Å²) in [4.78, 5) is 14.1. The summed E-state index contributed by atoms with van der Waals surface area (Å²) in [6, 6.07) is 7.86. The highest BCUT2D eigenvalue weighted by Gasteiger charge is 2.46. The predicted molar refractivity (Wildman–Crippen MR) is 222 cm³/mol. The molecule has 0 radical (unpaired) electrons. The SMILES string of the molecule is COc1ccc(CO[C@H]([C@H](C)[C@@H](O[Si](C)(C)C(C)(C)C)[C@@H](C)CO[Si](C)(C)C(C)(C)C)[C@@H](C)C(=O)C[C@H](O)[C@@H](C)CO[Si](C)(C)C(C)(C)C)cc1. The third kappa shape index (κ3) is 14.1. The summed E-state index contributed by atoms with van der Waals surface area (Å²) in [7, 11) is -4.58. The van der Waals surface area contributed by atoms with Crippen LogP contribution < -0.4 is 4.74 Å². The highest BCUT2D eigenvalue weighted by atomic mass is 28.4. The highest BCUT2D eigenvalue weighted by Crippen LogP contribution is 2.42. The summed E-state index contributed by atoms with van der Waals surface area (Å²) in [6.07, 6.45) is -1.40. The third-order valence-corrected chi connectivity index (χ3v) is 26.0. The molecule has 0 saturated carbocycles. The summed E-state index contributed by atoms with van der Waals surface area (Å²) in [6.45, 7) is 43.5. The fraction of sp³-hybridized carbons (Fsp3) is 0.829. The number of hydrogen-bond donors (Lipinski definition) is 1. The number of carbonyl (C=O) groups excluding carboxylic acids is 1. The molecule has 1 N–H and O–H groups in total. The molecule has 0 bridgehead atoms. The average molecular weight is 769 g/mol. The minimum absolute atomic E-state index is 0.00140. The minimum Gasteiger partial charge on any atom is -0.497 e. The molecule has 1 rings (SSSR count). The van der Waals surface area contributed by atoms with Gasteiger partial charge in [0.1, 0.15) is 11.5 Å². The maximum Gasteiger partial charge on any atom is 0.192 e. The van der Waals surface area contributed by atoms with E-state index in [0.29, 0.717) is 19.8 Å². The zero-order valence-electron chi connectivity index (χ0n) is 36.6. The van der Waals surface area contributed by atoms with Gasteiger partial charge in [0.2, 0.25) is 0 Å². The number of methoxy groups -OCH3 is 1. The molecule has 7 atom stereocenters. The van der Waals surface area contributed by atoms with E-state index in [4.69, 9.17) is 22.8 Å². The molecular weight excluding hydrogens is 689 g/mol. The van der Waals surface area contributed by atoms with Crippen molar-refractivity contribution in [3.8, 4) is 5.75 Å². The Morgan fingerprint density at radius 3 is 1.53 bits per heavy atom. The van der Waals surface area contributed by atoms with E-state index < -0.39 is 43.1 Å². The second-order valence-electron chi connectivity index (χ2n) is 19.9. The van der Waals surface area contributed by atoms with Crippen LogP contribution in [0.1, 0.15) is 102 Å². The molecule has 0 spiro atoms. The van der Waals surface area contributed by atoms with Gasteiger partial charge in [0, 0.05) is 43.3 Å². The van der Waals surface area contributed by atoms with Crippen molar-refractivity contribution in [2.24, 2.45) is 23.7 Å². The molecule has 298 valence electrons. The topological polar surface area (TPSA) is 83.5 Å². The Hall–Kier alpha value is -0.859. The van der Waals surface area contributed by atoms with Gasteiger partial charge in [-0.15, -0.1) is 0 Å². The molecule has 51 heavy (non-hydrogen) atoms. The number of aliphatic hydroxyl groups is 1. The normalized spacial score (nSPS) is 18.1. The van der Waals surface area contributed by atoms with E-state index in [1.165, 1.54) is 0 Å². The number of carbonyl (C=O) groups is 1. The van der Waals surface area contributed by atoms with Gasteiger partial charge in [0.25, 0.3) is 0 Å². The number of hydrogen-bond acceptors (Lipinski definition) is 7. The zero-order valence-corrected chi connectivity index (χ0v) is 39.6. The minimum atomic E-state index is -2.24. The van der Waals surface area contributed by atoms with Crippen molar-refractivity contribution < 1.29 is 32.7 Å².